The molecule has 7 heteroatoms. The lowest BCUT2D eigenvalue weighted by Crippen LogP contribution is -2.11. The molecular weight excluding hydrogens is 203 g/mol. The molecule has 0 spiro atoms. The number of aromatic amines is 1. The first-order valence-corrected chi connectivity index (χ1v) is 3.70. The summed E-state index contributed by atoms with van der Waals surface area (Å²) in [5.41, 5.74) is 4.45. The Balaban J connectivity index is 2.81. The van der Waals surface area contributed by atoms with E-state index >= 15 is 0 Å². The van der Waals surface area contributed by atoms with Gasteiger partial charge in [0.25, 0.3) is 0 Å². The van der Waals surface area contributed by atoms with Crippen LogP contribution in [-0.2, 0) is 12.6 Å². The maximum absolute atomic E-state index is 12.0. The van der Waals surface area contributed by atoms with E-state index in [2.05, 4.69) is 22.4 Å². The average Bonchev–Trinajstić information content (AvgIpc) is 2.32. The molecule has 72 valence electrons. The van der Waals surface area contributed by atoms with Gasteiger partial charge in [0, 0.05) is 12.1 Å². The quantitative estimate of drug-likeness (QED) is 0.721. The molecule has 0 aliphatic heterocycles. The first-order valence-electron chi connectivity index (χ1n) is 3.29. The van der Waals surface area contributed by atoms with Crippen molar-refractivity contribution in [3.05, 3.63) is 17.5 Å². The Hall–Kier alpha value is -1.11. The number of H-pyrrole nitrogens is 1. The summed E-state index contributed by atoms with van der Waals surface area (Å²) in [7, 11) is 0. The van der Waals surface area contributed by atoms with Crippen LogP contribution in [0.4, 0.5) is 13.2 Å². The molecule has 1 aromatic rings. The lowest BCUT2D eigenvalue weighted by Gasteiger charge is -1.98. The maximum Gasteiger partial charge on any atom is 0.435 e. The third kappa shape index (κ3) is 2.69. The molecule has 1 aromatic heterocycles. The van der Waals surface area contributed by atoms with Crippen LogP contribution < -0.4 is 5.73 Å². The molecule has 0 atom stereocenters. The van der Waals surface area contributed by atoms with Crippen molar-refractivity contribution in [2.24, 2.45) is 5.73 Å². The van der Waals surface area contributed by atoms with Gasteiger partial charge in [-0.3, -0.25) is 5.10 Å². The van der Waals surface area contributed by atoms with Crippen molar-refractivity contribution in [2.75, 3.05) is 0 Å². The lowest BCUT2D eigenvalue weighted by molar-refractivity contribution is -0.141. The molecule has 0 aromatic carbocycles. The van der Waals surface area contributed by atoms with Crippen LogP contribution >= 0.6 is 12.2 Å². The smallest absolute Gasteiger partial charge is 0.393 e. The molecule has 0 radical (unpaired) electrons. The molecule has 0 bridgehead atoms. The van der Waals surface area contributed by atoms with Gasteiger partial charge in [-0.15, -0.1) is 0 Å². The highest BCUT2D eigenvalue weighted by Crippen LogP contribution is 2.27. The van der Waals surface area contributed by atoms with Crippen LogP contribution in [-0.4, -0.2) is 15.2 Å². The fraction of sp³-hybridized carbons (Fsp3) is 0.333. The molecule has 0 aliphatic rings. The Morgan fingerprint density at radius 1 is 1.62 bits per heavy atom. The van der Waals surface area contributed by atoms with Gasteiger partial charge < -0.3 is 5.73 Å². The summed E-state index contributed by atoms with van der Waals surface area (Å²) >= 11 is 4.53. The normalized spacial score (nSPS) is 11.6. The van der Waals surface area contributed by atoms with Crippen LogP contribution in [0.15, 0.2) is 6.07 Å². The second-order valence-electron chi connectivity index (χ2n) is 2.42. The number of rotatable bonds is 2. The number of aromatic nitrogens is 2. The highest BCUT2D eigenvalue weighted by Gasteiger charge is 2.33. The predicted octanol–water partition coefficient (Wildman–Crippen LogP) is 1.26. The first kappa shape index (κ1) is 9.97. The fourth-order valence-corrected chi connectivity index (χ4v) is 0.941. The minimum absolute atomic E-state index is 0.0956. The van der Waals surface area contributed by atoms with Gasteiger partial charge in [0.15, 0.2) is 5.69 Å². The summed E-state index contributed by atoms with van der Waals surface area (Å²) in [5.74, 6) is 0. The molecule has 13 heavy (non-hydrogen) atoms. The van der Waals surface area contributed by atoms with E-state index in [1.54, 1.807) is 0 Å². The van der Waals surface area contributed by atoms with Crippen molar-refractivity contribution in [3.8, 4) is 0 Å². The predicted molar refractivity (Wildman–Crippen MR) is 44.1 cm³/mol. The molecule has 0 saturated carbocycles. The zero-order chi connectivity index (χ0) is 10.1. The van der Waals surface area contributed by atoms with Crippen LogP contribution in [0.5, 0.6) is 0 Å². The van der Waals surface area contributed by atoms with Crippen molar-refractivity contribution in [1.29, 1.82) is 0 Å². The third-order valence-corrected chi connectivity index (χ3v) is 1.43. The molecule has 3 N–H and O–H groups in total. The molecule has 3 nitrogen and oxygen atoms in total. The van der Waals surface area contributed by atoms with E-state index in [-0.39, 0.29) is 17.1 Å². The zero-order valence-electron chi connectivity index (χ0n) is 6.35. The van der Waals surface area contributed by atoms with Gasteiger partial charge in [-0.05, 0) is 6.07 Å². The number of thiocarbonyl (C=S) groups is 1. The molecule has 0 aliphatic carbocycles. The number of hydrogen-bond donors (Lipinski definition) is 2. The van der Waals surface area contributed by atoms with Crippen molar-refractivity contribution in [3.63, 3.8) is 0 Å². The van der Waals surface area contributed by atoms with E-state index in [1.165, 1.54) is 0 Å². The van der Waals surface area contributed by atoms with Gasteiger partial charge in [0.05, 0.1) is 4.99 Å². The second-order valence-corrected chi connectivity index (χ2v) is 2.94. The van der Waals surface area contributed by atoms with Crippen LogP contribution in [0.2, 0.25) is 0 Å². The van der Waals surface area contributed by atoms with Crippen LogP contribution in [0.1, 0.15) is 11.4 Å². The number of nitrogens with one attached hydrogen (secondary N) is 1. The highest BCUT2D eigenvalue weighted by molar-refractivity contribution is 7.80. The Kier molecular flexibility index (Phi) is 2.55. The molecule has 0 unspecified atom stereocenters. The van der Waals surface area contributed by atoms with E-state index in [0.29, 0.717) is 0 Å². The maximum atomic E-state index is 12.0. The number of halogens is 3. The third-order valence-electron chi connectivity index (χ3n) is 1.29. The lowest BCUT2D eigenvalue weighted by atomic mass is 10.3. The van der Waals surface area contributed by atoms with Crippen molar-refractivity contribution >= 4 is 17.2 Å². The SMILES string of the molecule is NC(=S)Cc1cc(C(F)(F)F)n[nH]1. The number of nitrogens with zero attached hydrogens (tertiary/aromatic N) is 1. The summed E-state index contributed by atoms with van der Waals surface area (Å²) in [6, 6.07) is 0.888. The van der Waals surface area contributed by atoms with Crippen LogP contribution in [0.3, 0.4) is 0 Å². The van der Waals surface area contributed by atoms with Gasteiger partial charge in [-0.1, -0.05) is 12.2 Å². The highest BCUT2D eigenvalue weighted by atomic mass is 32.1. The summed E-state index contributed by atoms with van der Waals surface area (Å²) in [6.45, 7) is 0. The van der Waals surface area contributed by atoms with Crippen molar-refractivity contribution in [1.82, 2.24) is 10.2 Å². The zero-order valence-corrected chi connectivity index (χ0v) is 7.17. The number of hydrogen-bond acceptors (Lipinski definition) is 2. The molecular formula is C6H6F3N3S. The Labute approximate surface area is 77.1 Å². The summed E-state index contributed by atoms with van der Waals surface area (Å²) in [6.07, 6.45) is -4.33. The number of alkyl halides is 3. The van der Waals surface area contributed by atoms with Crippen LogP contribution in [0.25, 0.3) is 0 Å². The van der Waals surface area contributed by atoms with E-state index < -0.39 is 11.9 Å². The summed E-state index contributed by atoms with van der Waals surface area (Å²) < 4.78 is 36.0. The molecule has 0 fully saturated rings. The summed E-state index contributed by atoms with van der Waals surface area (Å²) in [5, 5.41) is 5.28. The molecule has 0 amide bonds. The van der Waals surface area contributed by atoms with Crippen LogP contribution in [0, 0.1) is 0 Å². The summed E-state index contributed by atoms with van der Waals surface area (Å²) in [4.78, 5) is 0.123. The van der Waals surface area contributed by atoms with E-state index in [1.807, 2.05) is 0 Å². The first-order chi connectivity index (χ1) is 5.89. The standard InChI is InChI=1S/C6H6F3N3S/c7-6(8,9)4-1-3(11-12-4)2-5(10)13/h1H,2H2,(H2,10,13)(H,11,12). The van der Waals surface area contributed by atoms with Crippen molar-refractivity contribution in [2.45, 2.75) is 12.6 Å². The van der Waals surface area contributed by atoms with E-state index in [9.17, 15) is 13.2 Å². The minimum Gasteiger partial charge on any atom is -0.393 e. The van der Waals surface area contributed by atoms with Gasteiger partial charge in [-0.25, -0.2) is 0 Å². The molecule has 0 saturated heterocycles. The van der Waals surface area contributed by atoms with Gasteiger partial charge in [-0.2, -0.15) is 18.3 Å². The Bertz CT molecular complexity index is 317. The van der Waals surface area contributed by atoms with E-state index in [0.717, 1.165) is 6.07 Å². The fourth-order valence-electron chi connectivity index (χ4n) is 0.785. The topological polar surface area (TPSA) is 54.7 Å². The molecule has 1 heterocycles. The van der Waals surface area contributed by atoms with Gasteiger partial charge >= 0.3 is 6.18 Å². The monoisotopic (exact) mass is 209 g/mol. The minimum atomic E-state index is -4.43. The van der Waals surface area contributed by atoms with Gasteiger partial charge in [0.1, 0.15) is 0 Å². The molecule has 1 rings (SSSR count). The van der Waals surface area contributed by atoms with Gasteiger partial charge in [0.2, 0.25) is 0 Å². The largest absolute Gasteiger partial charge is 0.435 e. The average molecular weight is 209 g/mol. The van der Waals surface area contributed by atoms with E-state index in [4.69, 9.17) is 5.73 Å². The Morgan fingerprint density at radius 3 is 2.62 bits per heavy atom. The van der Waals surface area contributed by atoms with Crippen molar-refractivity contribution < 1.29 is 13.2 Å². The number of nitrogens with two attached hydrogens (primary N) is 1. The second kappa shape index (κ2) is 3.33. The Morgan fingerprint density at radius 2 is 2.23 bits per heavy atom.